The van der Waals surface area contributed by atoms with Crippen LogP contribution in [0.4, 0.5) is 4.79 Å². The summed E-state index contributed by atoms with van der Waals surface area (Å²) in [4.78, 5) is 22.6. The molecule has 3 saturated heterocycles. The summed E-state index contributed by atoms with van der Waals surface area (Å²) in [6.45, 7) is 6.65. The summed E-state index contributed by atoms with van der Waals surface area (Å²) in [6.07, 6.45) is -5.70. The normalized spacial score (nSPS) is 30.8. The second-order valence-corrected chi connectivity index (χ2v) is 13.3. The lowest BCUT2D eigenvalue weighted by atomic mass is 9.81. The van der Waals surface area contributed by atoms with E-state index in [1.807, 2.05) is 12.1 Å². The third-order valence-corrected chi connectivity index (χ3v) is 9.32. The molecule has 7 rings (SSSR count). The van der Waals surface area contributed by atoms with Gasteiger partial charge in [-0.25, -0.2) is 4.79 Å². The summed E-state index contributed by atoms with van der Waals surface area (Å²) in [5.41, 5.74) is 1.88. The minimum atomic E-state index is -1.32. The fraction of sp³-hybridized carbons (Fsp3) is 0.611. The van der Waals surface area contributed by atoms with E-state index < -0.39 is 55.0 Å². The molecule has 9 atom stereocenters. The van der Waals surface area contributed by atoms with E-state index >= 15 is 0 Å². The number of aryl methyl sites for hydroxylation is 1. The zero-order chi connectivity index (χ0) is 37.7. The molecular weight excluding hydrogens is 704 g/mol. The van der Waals surface area contributed by atoms with E-state index in [0.717, 1.165) is 17.5 Å². The lowest BCUT2D eigenvalue weighted by molar-refractivity contribution is -0.364. The molecule has 0 radical (unpaired) electrons. The molecule has 17 heteroatoms. The number of aliphatic hydroxyl groups is 2. The number of hydrogen-bond acceptors (Lipinski definition) is 17. The van der Waals surface area contributed by atoms with Crippen molar-refractivity contribution in [2.45, 2.75) is 88.6 Å². The fourth-order valence-electron chi connectivity index (χ4n) is 6.74. The fourth-order valence-corrected chi connectivity index (χ4v) is 6.74. The van der Waals surface area contributed by atoms with Crippen LogP contribution in [0.5, 0.6) is 28.7 Å². The van der Waals surface area contributed by atoms with Crippen molar-refractivity contribution >= 4 is 12.6 Å². The Kier molecular flexibility index (Phi) is 12.5. The molecule has 3 fully saturated rings. The molecule has 2 N–H and O–H groups in total. The van der Waals surface area contributed by atoms with Gasteiger partial charge in [-0.05, 0) is 69.0 Å². The smallest absolute Gasteiger partial charge is 0.493 e. The SMILES string of the molecule is CC1OCC2OC(OC3c4cc5c(cc4CCC3COC=O)OCO5)C(O)C(O)C2O1.COc1cccc(OC)c1OC(=O)OCC1COC(C)(C)O1. The zero-order valence-corrected chi connectivity index (χ0v) is 30.1. The Labute approximate surface area is 306 Å². The highest BCUT2D eigenvalue weighted by molar-refractivity contribution is 5.67. The number of ether oxygens (including phenoxy) is 13. The summed E-state index contributed by atoms with van der Waals surface area (Å²) >= 11 is 0. The maximum atomic E-state index is 11.8. The van der Waals surface area contributed by atoms with Crippen LogP contribution in [0.15, 0.2) is 30.3 Å². The van der Waals surface area contributed by atoms with Crippen LogP contribution in [0, 0.1) is 5.92 Å². The van der Waals surface area contributed by atoms with Gasteiger partial charge in [-0.1, -0.05) is 6.07 Å². The Hall–Kier alpha value is -3.94. The highest BCUT2D eigenvalue weighted by Gasteiger charge is 2.50. The Morgan fingerprint density at radius 2 is 1.74 bits per heavy atom. The number of benzene rings is 2. The predicted octanol–water partition coefficient (Wildman–Crippen LogP) is 2.79. The summed E-state index contributed by atoms with van der Waals surface area (Å²) in [7, 11) is 2.94. The van der Waals surface area contributed by atoms with Crippen LogP contribution in [0.3, 0.4) is 0 Å². The van der Waals surface area contributed by atoms with Crippen molar-refractivity contribution < 1.29 is 81.4 Å². The lowest BCUT2D eigenvalue weighted by Gasteiger charge is -2.47. The van der Waals surface area contributed by atoms with Crippen LogP contribution in [-0.4, -0.2) is 119 Å². The minimum absolute atomic E-state index is 0.0414. The van der Waals surface area contributed by atoms with Crippen molar-refractivity contribution in [2.75, 3.05) is 47.4 Å². The molecular formula is C36H46O17. The third-order valence-electron chi connectivity index (χ3n) is 9.32. The van der Waals surface area contributed by atoms with Crippen LogP contribution in [0.2, 0.25) is 0 Å². The highest BCUT2D eigenvalue weighted by atomic mass is 16.8. The van der Waals surface area contributed by atoms with E-state index in [4.69, 9.17) is 61.6 Å². The Balaban J connectivity index is 0.000000193. The molecule has 0 spiro atoms. The first kappa shape index (κ1) is 38.8. The molecule has 0 amide bonds. The summed E-state index contributed by atoms with van der Waals surface area (Å²) in [5, 5.41) is 21.3. The zero-order valence-electron chi connectivity index (χ0n) is 30.1. The average Bonchev–Trinajstić information content (AvgIpc) is 3.76. The summed E-state index contributed by atoms with van der Waals surface area (Å²) < 4.78 is 70.7. The van der Waals surface area contributed by atoms with Gasteiger partial charge >= 0.3 is 6.16 Å². The van der Waals surface area contributed by atoms with Gasteiger partial charge in [0.1, 0.15) is 37.1 Å². The van der Waals surface area contributed by atoms with Crippen molar-refractivity contribution in [3.05, 3.63) is 41.5 Å². The summed E-state index contributed by atoms with van der Waals surface area (Å²) in [5.74, 6) is 1.37. The molecule has 292 valence electrons. The first-order valence-electron chi connectivity index (χ1n) is 17.3. The Bertz CT molecular complexity index is 1540. The maximum absolute atomic E-state index is 11.8. The van der Waals surface area contributed by atoms with Crippen LogP contribution in [0.1, 0.15) is 44.4 Å². The van der Waals surface area contributed by atoms with E-state index in [1.54, 1.807) is 39.0 Å². The van der Waals surface area contributed by atoms with Gasteiger partial charge in [0.05, 0.1) is 40.1 Å². The molecule has 2 aromatic rings. The first-order valence-corrected chi connectivity index (χ1v) is 17.3. The average molecular weight is 751 g/mol. The predicted molar refractivity (Wildman–Crippen MR) is 178 cm³/mol. The van der Waals surface area contributed by atoms with E-state index in [-0.39, 0.29) is 44.4 Å². The number of carbonyl (C=O) groups is 2. The van der Waals surface area contributed by atoms with Crippen LogP contribution >= 0.6 is 0 Å². The lowest BCUT2D eigenvalue weighted by Crippen LogP contribution is -2.63. The van der Waals surface area contributed by atoms with Gasteiger partial charge in [0.15, 0.2) is 41.4 Å². The first-order chi connectivity index (χ1) is 25.5. The quantitative estimate of drug-likeness (QED) is 0.204. The van der Waals surface area contributed by atoms with Crippen LogP contribution in [0.25, 0.3) is 0 Å². The van der Waals surface area contributed by atoms with E-state index in [0.29, 0.717) is 42.5 Å². The van der Waals surface area contributed by atoms with Crippen molar-refractivity contribution in [2.24, 2.45) is 5.92 Å². The topological polar surface area (TPSA) is 195 Å². The van der Waals surface area contributed by atoms with Gasteiger partial charge in [-0.15, -0.1) is 0 Å². The molecule has 0 aromatic heterocycles. The van der Waals surface area contributed by atoms with Crippen molar-refractivity contribution in [3.8, 4) is 28.7 Å². The number of aliphatic hydroxyl groups excluding tert-OH is 2. The van der Waals surface area contributed by atoms with Gasteiger partial charge in [0.25, 0.3) is 6.47 Å². The Morgan fingerprint density at radius 3 is 2.42 bits per heavy atom. The second-order valence-electron chi connectivity index (χ2n) is 13.3. The van der Waals surface area contributed by atoms with Crippen molar-refractivity contribution in [3.63, 3.8) is 0 Å². The van der Waals surface area contributed by atoms with Crippen LogP contribution in [-0.2, 0) is 49.1 Å². The van der Waals surface area contributed by atoms with Crippen molar-refractivity contribution in [1.82, 2.24) is 0 Å². The monoisotopic (exact) mass is 750 g/mol. The standard InChI is InChI=1S/C21H26O10.C15H20O7/c1-10-26-7-16-20(29-10)17(23)18(24)21(30-16)31-19-12(6-25-8-22)3-2-11-4-14-15(5-13(11)19)28-9-27-14;1-15(2)20-9-10(22-15)8-19-14(16)21-13-11(17-3)6-5-7-12(13)18-4/h4-5,8,10,12,16-21,23-24H,2-3,6-7,9H2,1H3;5-7,10H,8-9H2,1-4H3. The molecule has 0 saturated carbocycles. The molecule has 2 aromatic carbocycles. The van der Waals surface area contributed by atoms with Gasteiger partial charge in [0, 0.05) is 5.92 Å². The third kappa shape index (κ3) is 9.06. The van der Waals surface area contributed by atoms with Gasteiger partial charge in [0.2, 0.25) is 12.5 Å². The van der Waals surface area contributed by atoms with Crippen molar-refractivity contribution in [1.29, 1.82) is 0 Å². The van der Waals surface area contributed by atoms with Gasteiger partial charge in [-0.2, -0.15) is 0 Å². The van der Waals surface area contributed by atoms with Crippen LogP contribution < -0.4 is 23.7 Å². The molecule has 17 nitrogen and oxygen atoms in total. The molecule has 0 bridgehead atoms. The molecule has 4 aliphatic heterocycles. The maximum Gasteiger partial charge on any atom is 0.514 e. The minimum Gasteiger partial charge on any atom is -0.493 e. The number of rotatable bonds is 10. The number of para-hydroxylation sites is 1. The molecule has 9 unspecified atom stereocenters. The molecule has 4 heterocycles. The van der Waals surface area contributed by atoms with E-state index in [9.17, 15) is 19.8 Å². The molecule has 5 aliphatic rings. The van der Waals surface area contributed by atoms with E-state index in [1.165, 1.54) is 14.2 Å². The molecule has 53 heavy (non-hydrogen) atoms. The van der Waals surface area contributed by atoms with Gasteiger partial charge in [-0.3, -0.25) is 4.79 Å². The number of carbonyl (C=O) groups excluding carboxylic acids is 2. The number of fused-ring (bicyclic) bond motifs is 3. The molecule has 1 aliphatic carbocycles. The highest BCUT2D eigenvalue weighted by Crippen LogP contribution is 2.45. The number of methoxy groups -OCH3 is 2. The number of hydrogen-bond donors (Lipinski definition) is 2. The van der Waals surface area contributed by atoms with E-state index in [2.05, 4.69) is 0 Å². The largest absolute Gasteiger partial charge is 0.514 e. The summed E-state index contributed by atoms with van der Waals surface area (Å²) in [6, 6.07) is 8.82. The Morgan fingerprint density at radius 1 is 1.00 bits per heavy atom. The van der Waals surface area contributed by atoms with Gasteiger partial charge < -0.3 is 71.8 Å². The second kappa shape index (κ2) is 17.0.